The highest BCUT2D eigenvalue weighted by molar-refractivity contribution is 7.98. The van der Waals surface area contributed by atoms with Crippen molar-refractivity contribution in [2.75, 3.05) is 5.84 Å². The fraction of sp³-hybridized carbons (Fsp3) is 0.125. The summed E-state index contributed by atoms with van der Waals surface area (Å²) in [5.74, 6) is 6.36. The zero-order chi connectivity index (χ0) is 9.80. The lowest BCUT2D eigenvalue weighted by molar-refractivity contribution is 0.846. The maximum Gasteiger partial charge on any atom is 0.209 e. The second-order valence-corrected chi connectivity index (χ2v) is 3.61. The Morgan fingerprint density at radius 3 is 3.07 bits per heavy atom. The van der Waals surface area contributed by atoms with E-state index in [1.807, 2.05) is 18.3 Å². The van der Waals surface area contributed by atoms with E-state index in [1.165, 1.54) is 22.8 Å². The molecule has 0 aliphatic heterocycles. The monoisotopic (exact) mass is 207 g/mol. The van der Waals surface area contributed by atoms with Crippen molar-refractivity contribution in [3.05, 3.63) is 36.4 Å². The number of nitrogen functional groups attached to an aromatic ring is 1. The first-order valence-corrected chi connectivity index (χ1v) is 5.01. The first kappa shape index (κ1) is 9.01. The van der Waals surface area contributed by atoms with Gasteiger partial charge in [-0.3, -0.25) is 4.98 Å². The molecule has 14 heavy (non-hydrogen) atoms. The molecule has 0 amide bonds. The fourth-order valence-electron chi connectivity index (χ4n) is 0.967. The summed E-state index contributed by atoms with van der Waals surface area (Å²) in [6.07, 6.45) is 5.05. The third-order valence-corrected chi connectivity index (χ3v) is 2.66. The largest absolute Gasteiger partial charge is 0.336 e. The molecule has 0 aromatic carbocycles. The molecule has 6 heteroatoms. The minimum absolute atomic E-state index is 0.703. The van der Waals surface area contributed by atoms with E-state index >= 15 is 0 Å². The number of pyridine rings is 1. The van der Waals surface area contributed by atoms with E-state index in [-0.39, 0.29) is 0 Å². The van der Waals surface area contributed by atoms with Crippen LogP contribution in [0.15, 0.2) is 36.0 Å². The maximum absolute atomic E-state index is 5.56. The van der Waals surface area contributed by atoms with Crippen molar-refractivity contribution < 1.29 is 0 Å². The molecule has 2 N–H and O–H groups in total. The van der Waals surface area contributed by atoms with Crippen molar-refractivity contribution in [2.24, 2.45) is 0 Å². The molecule has 0 saturated carbocycles. The lowest BCUT2D eigenvalue weighted by Gasteiger charge is -1.99. The summed E-state index contributed by atoms with van der Waals surface area (Å²) >= 11 is 1.53. The van der Waals surface area contributed by atoms with Crippen molar-refractivity contribution in [1.29, 1.82) is 0 Å². The predicted molar refractivity (Wildman–Crippen MR) is 54.0 cm³/mol. The molecule has 0 spiro atoms. The molecule has 2 aromatic rings. The van der Waals surface area contributed by atoms with E-state index in [2.05, 4.69) is 15.2 Å². The van der Waals surface area contributed by atoms with Gasteiger partial charge in [0.1, 0.15) is 6.33 Å². The molecule has 0 atom stereocenters. The zero-order valence-corrected chi connectivity index (χ0v) is 8.18. The highest BCUT2D eigenvalue weighted by Crippen LogP contribution is 2.17. The molecule has 2 aromatic heterocycles. The van der Waals surface area contributed by atoms with Crippen LogP contribution in [0.1, 0.15) is 5.56 Å². The number of rotatable bonds is 3. The van der Waals surface area contributed by atoms with Gasteiger partial charge in [-0.2, -0.15) is 0 Å². The minimum atomic E-state index is 0.703. The molecule has 5 nitrogen and oxygen atoms in total. The summed E-state index contributed by atoms with van der Waals surface area (Å²) in [4.78, 5) is 4.02. The van der Waals surface area contributed by atoms with Crippen LogP contribution in [-0.2, 0) is 5.75 Å². The standard InChI is InChI=1S/C8H9N5S/c9-13-6-11-12-8(13)14-5-7-2-1-3-10-4-7/h1-4,6H,5,9H2. The molecular weight excluding hydrogens is 198 g/mol. The van der Waals surface area contributed by atoms with Gasteiger partial charge in [0, 0.05) is 18.1 Å². The molecular formula is C8H9N5S. The van der Waals surface area contributed by atoms with Crippen LogP contribution in [0.25, 0.3) is 0 Å². The second kappa shape index (κ2) is 4.10. The SMILES string of the molecule is Nn1cnnc1SCc1cccnc1. The highest BCUT2D eigenvalue weighted by Gasteiger charge is 2.01. The summed E-state index contributed by atoms with van der Waals surface area (Å²) in [6.45, 7) is 0. The minimum Gasteiger partial charge on any atom is -0.336 e. The van der Waals surface area contributed by atoms with Gasteiger partial charge < -0.3 is 5.84 Å². The Bertz CT molecular complexity index is 399. The van der Waals surface area contributed by atoms with Crippen molar-refractivity contribution in [1.82, 2.24) is 19.9 Å². The van der Waals surface area contributed by atoms with Gasteiger partial charge in [0.05, 0.1) is 0 Å². The molecule has 0 radical (unpaired) electrons. The Morgan fingerprint density at radius 1 is 1.50 bits per heavy atom. The Labute approximate surface area is 85.3 Å². The van der Waals surface area contributed by atoms with Crippen LogP contribution in [0.5, 0.6) is 0 Å². The van der Waals surface area contributed by atoms with Crippen LogP contribution in [0, 0.1) is 0 Å². The number of nitrogens with zero attached hydrogens (tertiary/aromatic N) is 4. The second-order valence-electron chi connectivity index (χ2n) is 2.67. The molecule has 0 aliphatic carbocycles. The lowest BCUT2D eigenvalue weighted by atomic mass is 10.3. The summed E-state index contributed by atoms with van der Waals surface area (Å²) in [5, 5.41) is 8.25. The first-order valence-electron chi connectivity index (χ1n) is 4.03. The lowest BCUT2D eigenvalue weighted by Crippen LogP contribution is -2.07. The van der Waals surface area contributed by atoms with E-state index in [4.69, 9.17) is 5.84 Å². The third kappa shape index (κ3) is 2.02. The van der Waals surface area contributed by atoms with Crippen molar-refractivity contribution in [3.8, 4) is 0 Å². The van der Waals surface area contributed by atoms with Crippen LogP contribution in [-0.4, -0.2) is 19.9 Å². The van der Waals surface area contributed by atoms with Gasteiger partial charge in [0.15, 0.2) is 0 Å². The molecule has 2 heterocycles. The van der Waals surface area contributed by atoms with E-state index in [1.54, 1.807) is 6.20 Å². The van der Waals surface area contributed by atoms with Gasteiger partial charge in [0.2, 0.25) is 5.16 Å². The van der Waals surface area contributed by atoms with Gasteiger partial charge in [-0.15, -0.1) is 10.2 Å². The Hall–Kier alpha value is -1.56. The van der Waals surface area contributed by atoms with Gasteiger partial charge in [-0.05, 0) is 11.6 Å². The number of hydrogen-bond acceptors (Lipinski definition) is 5. The highest BCUT2D eigenvalue weighted by atomic mass is 32.2. The van der Waals surface area contributed by atoms with E-state index in [0.29, 0.717) is 5.16 Å². The van der Waals surface area contributed by atoms with E-state index < -0.39 is 0 Å². The molecule has 72 valence electrons. The van der Waals surface area contributed by atoms with Gasteiger partial charge >= 0.3 is 0 Å². The van der Waals surface area contributed by atoms with E-state index in [9.17, 15) is 0 Å². The molecule has 0 unspecified atom stereocenters. The number of nitrogens with two attached hydrogens (primary N) is 1. The molecule has 0 saturated heterocycles. The van der Waals surface area contributed by atoms with Crippen molar-refractivity contribution >= 4 is 11.8 Å². The van der Waals surface area contributed by atoms with Crippen LogP contribution >= 0.6 is 11.8 Å². The average molecular weight is 207 g/mol. The predicted octanol–water partition coefficient (Wildman–Crippen LogP) is 0.679. The molecule has 0 bridgehead atoms. The van der Waals surface area contributed by atoms with Crippen LogP contribution in [0.3, 0.4) is 0 Å². The van der Waals surface area contributed by atoms with Crippen LogP contribution in [0.4, 0.5) is 0 Å². The van der Waals surface area contributed by atoms with Crippen LogP contribution < -0.4 is 5.84 Å². The fourth-order valence-corrected chi connectivity index (χ4v) is 1.73. The molecule has 2 rings (SSSR count). The Morgan fingerprint density at radius 2 is 2.43 bits per heavy atom. The maximum atomic E-state index is 5.56. The Kier molecular flexibility index (Phi) is 2.64. The van der Waals surface area contributed by atoms with Gasteiger partial charge in [-0.1, -0.05) is 17.8 Å². The van der Waals surface area contributed by atoms with Crippen molar-refractivity contribution in [3.63, 3.8) is 0 Å². The first-order chi connectivity index (χ1) is 6.86. The number of thioether (sulfide) groups is 1. The van der Waals surface area contributed by atoms with Crippen LogP contribution in [0.2, 0.25) is 0 Å². The number of aromatic nitrogens is 4. The Balaban J connectivity index is 1.99. The third-order valence-electron chi connectivity index (χ3n) is 1.63. The molecule has 0 aliphatic rings. The quantitative estimate of drug-likeness (QED) is 0.592. The summed E-state index contributed by atoms with van der Waals surface area (Å²) in [7, 11) is 0. The normalized spacial score (nSPS) is 10.3. The van der Waals surface area contributed by atoms with Gasteiger partial charge in [0.25, 0.3) is 0 Å². The average Bonchev–Trinajstić information content (AvgIpc) is 2.63. The van der Waals surface area contributed by atoms with Gasteiger partial charge in [-0.25, -0.2) is 4.68 Å². The topological polar surface area (TPSA) is 69.6 Å². The summed E-state index contributed by atoms with van der Waals surface area (Å²) in [5.41, 5.74) is 1.14. The smallest absolute Gasteiger partial charge is 0.209 e. The van der Waals surface area contributed by atoms with E-state index in [0.717, 1.165) is 11.3 Å². The molecule has 0 fully saturated rings. The zero-order valence-electron chi connectivity index (χ0n) is 7.37. The summed E-state index contributed by atoms with van der Waals surface area (Å²) < 4.78 is 1.40. The summed E-state index contributed by atoms with van der Waals surface area (Å²) in [6, 6.07) is 3.92. The van der Waals surface area contributed by atoms with Crippen molar-refractivity contribution in [2.45, 2.75) is 10.9 Å². The number of hydrogen-bond donors (Lipinski definition) is 1.